The summed E-state index contributed by atoms with van der Waals surface area (Å²) in [6.07, 6.45) is 1.63. The van der Waals surface area contributed by atoms with Crippen molar-refractivity contribution in [2.75, 3.05) is 17.0 Å². The number of hydrogen-bond donors (Lipinski definition) is 3. The van der Waals surface area contributed by atoms with E-state index in [1.54, 1.807) is 6.21 Å². The zero-order valence-corrected chi connectivity index (χ0v) is 11.2. The second kappa shape index (κ2) is 6.57. The second-order valence-electron chi connectivity index (χ2n) is 3.71. The highest BCUT2D eigenvalue weighted by Crippen LogP contribution is 2.15. The fourth-order valence-corrected chi connectivity index (χ4v) is 1.89. The van der Waals surface area contributed by atoms with Gasteiger partial charge in [0.25, 0.3) is 5.95 Å². The Morgan fingerprint density at radius 1 is 1.40 bits per heavy atom. The number of nitrogens with one attached hydrogen (secondary N) is 1. The van der Waals surface area contributed by atoms with E-state index in [1.807, 2.05) is 30.3 Å². The summed E-state index contributed by atoms with van der Waals surface area (Å²) in [6.45, 7) is 0. The van der Waals surface area contributed by atoms with Crippen molar-refractivity contribution in [1.82, 2.24) is 14.9 Å². The van der Waals surface area contributed by atoms with Crippen LogP contribution in [-0.4, -0.2) is 32.7 Å². The molecular weight excluding hydrogens is 278 g/mol. The van der Waals surface area contributed by atoms with Gasteiger partial charge in [0.1, 0.15) is 0 Å². The van der Waals surface area contributed by atoms with Crippen molar-refractivity contribution >= 4 is 29.8 Å². The molecule has 1 amide bonds. The van der Waals surface area contributed by atoms with Crippen LogP contribution in [0.25, 0.3) is 0 Å². The summed E-state index contributed by atoms with van der Waals surface area (Å²) in [4.78, 5) is 10.7. The SMILES string of the molecule is NC(=O)CSc1nnc(N/N=C/c2ccccc2)n1N. The molecule has 8 nitrogen and oxygen atoms in total. The summed E-state index contributed by atoms with van der Waals surface area (Å²) < 4.78 is 1.20. The Labute approximate surface area is 119 Å². The summed E-state index contributed by atoms with van der Waals surface area (Å²) in [7, 11) is 0. The topological polar surface area (TPSA) is 124 Å². The number of hydrogen-bond acceptors (Lipinski definition) is 7. The molecule has 0 unspecified atom stereocenters. The van der Waals surface area contributed by atoms with Gasteiger partial charge in [-0.2, -0.15) is 5.10 Å². The number of primary amides is 1. The lowest BCUT2D eigenvalue weighted by molar-refractivity contribution is -0.115. The van der Waals surface area contributed by atoms with Crippen molar-refractivity contribution in [2.24, 2.45) is 10.8 Å². The van der Waals surface area contributed by atoms with Gasteiger partial charge in [-0.3, -0.25) is 4.79 Å². The highest BCUT2D eigenvalue weighted by atomic mass is 32.2. The Kier molecular flexibility index (Phi) is 4.56. The lowest BCUT2D eigenvalue weighted by Crippen LogP contribution is -2.16. The highest BCUT2D eigenvalue weighted by molar-refractivity contribution is 7.99. The van der Waals surface area contributed by atoms with Crippen molar-refractivity contribution in [2.45, 2.75) is 5.16 Å². The van der Waals surface area contributed by atoms with E-state index in [2.05, 4.69) is 20.7 Å². The van der Waals surface area contributed by atoms with Gasteiger partial charge >= 0.3 is 0 Å². The van der Waals surface area contributed by atoms with Crippen LogP contribution < -0.4 is 17.0 Å². The van der Waals surface area contributed by atoms with Gasteiger partial charge in [-0.1, -0.05) is 42.1 Å². The maximum Gasteiger partial charge on any atom is 0.264 e. The summed E-state index contributed by atoms with van der Waals surface area (Å²) in [5.41, 5.74) is 8.65. The average molecular weight is 291 g/mol. The lowest BCUT2D eigenvalue weighted by Gasteiger charge is -2.01. The van der Waals surface area contributed by atoms with Crippen LogP contribution in [0.3, 0.4) is 0 Å². The largest absolute Gasteiger partial charge is 0.369 e. The Morgan fingerprint density at radius 3 is 2.85 bits per heavy atom. The third-order valence-electron chi connectivity index (χ3n) is 2.19. The van der Waals surface area contributed by atoms with E-state index in [0.717, 1.165) is 17.3 Å². The number of benzene rings is 1. The van der Waals surface area contributed by atoms with Crippen molar-refractivity contribution in [1.29, 1.82) is 0 Å². The molecule has 0 aliphatic carbocycles. The maximum atomic E-state index is 10.7. The first-order valence-electron chi connectivity index (χ1n) is 5.62. The van der Waals surface area contributed by atoms with Gasteiger partial charge < -0.3 is 11.6 Å². The molecular formula is C11H13N7OS. The first-order chi connectivity index (χ1) is 9.66. The average Bonchev–Trinajstić information content (AvgIpc) is 2.79. The quantitative estimate of drug-likeness (QED) is 0.298. The molecule has 5 N–H and O–H groups in total. The van der Waals surface area contributed by atoms with Gasteiger partial charge in [-0.25, -0.2) is 10.1 Å². The van der Waals surface area contributed by atoms with Gasteiger partial charge in [0, 0.05) is 0 Å². The van der Waals surface area contributed by atoms with Crippen LogP contribution in [0.1, 0.15) is 5.56 Å². The molecule has 0 bridgehead atoms. The van der Waals surface area contributed by atoms with E-state index in [1.165, 1.54) is 4.68 Å². The highest BCUT2D eigenvalue weighted by Gasteiger charge is 2.10. The number of amides is 1. The van der Waals surface area contributed by atoms with Crippen molar-refractivity contribution < 1.29 is 4.79 Å². The number of hydrazone groups is 1. The molecule has 0 spiro atoms. The van der Waals surface area contributed by atoms with Gasteiger partial charge in [0.2, 0.25) is 11.1 Å². The monoisotopic (exact) mass is 291 g/mol. The van der Waals surface area contributed by atoms with Crippen LogP contribution in [0.5, 0.6) is 0 Å². The molecule has 1 aromatic carbocycles. The number of rotatable bonds is 6. The number of nitrogen functional groups attached to an aromatic ring is 1. The predicted octanol–water partition coefficient (Wildman–Crippen LogP) is 0.0153. The van der Waals surface area contributed by atoms with E-state index >= 15 is 0 Å². The minimum atomic E-state index is -0.449. The van der Waals surface area contributed by atoms with Crippen LogP contribution in [-0.2, 0) is 4.79 Å². The van der Waals surface area contributed by atoms with E-state index in [-0.39, 0.29) is 11.7 Å². The van der Waals surface area contributed by atoms with E-state index in [4.69, 9.17) is 11.6 Å². The summed E-state index contributed by atoms with van der Waals surface area (Å²) in [6, 6.07) is 9.55. The van der Waals surface area contributed by atoms with Gasteiger partial charge in [0.05, 0.1) is 12.0 Å². The Morgan fingerprint density at radius 2 is 2.15 bits per heavy atom. The molecule has 2 rings (SSSR count). The summed E-state index contributed by atoms with van der Waals surface area (Å²) in [5.74, 6) is 5.66. The molecule has 0 aliphatic heterocycles. The number of aromatic nitrogens is 3. The molecule has 0 saturated carbocycles. The van der Waals surface area contributed by atoms with Gasteiger partial charge in [-0.15, -0.1) is 10.2 Å². The first kappa shape index (κ1) is 13.9. The number of carbonyl (C=O) groups excluding carboxylic acids is 1. The van der Waals surface area contributed by atoms with E-state index in [0.29, 0.717) is 5.16 Å². The van der Waals surface area contributed by atoms with E-state index in [9.17, 15) is 4.79 Å². The zero-order valence-electron chi connectivity index (χ0n) is 10.4. The summed E-state index contributed by atoms with van der Waals surface area (Å²) in [5, 5.41) is 12.0. The molecule has 0 fully saturated rings. The molecule has 2 aromatic rings. The molecule has 0 saturated heterocycles. The smallest absolute Gasteiger partial charge is 0.264 e. The molecule has 9 heteroatoms. The molecule has 0 aliphatic rings. The fourth-order valence-electron chi connectivity index (χ4n) is 1.29. The Hall–Kier alpha value is -2.55. The van der Waals surface area contributed by atoms with Crippen LogP contribution in [0, 0.1) is 0 Å². The fraction of sp³-hybridized carbons (Fsp3) is 0.0909. The molecule has 104 valence electrons. The molecule has 0 radical (unpaired) electrons. The van der Waals surface area contributed by atoms with Crippen LogP contribution in [0.2, 0.25) is 0 Å². The van der Waals surface area contributed by atoms with Crippen LogP contribution >= 0.6 is 11.8 Å². The lowest BCUT2D eigenvalue weighted by atomic mass is 10.2. The minimum Gasteiger partial charge on any atom is -0.369 e. The van der Waals surface area contributed by atoms with Gasteiger partial charge in [0.15, 0.2) is 0 Å². The number of nitrogens with zero attached hydrogens (tertiary/aromatic N) is 4. The molecule has 1 heterocycles. The van der Waals surface area contributed by atoms with E-state index < -0.39 is 5.91 Å². The number of nitrogens with two attached hydrogens (primary N) is 2. The van der Waals surface area contributed by atoms with Crippen LogP contribution in [0.15, 0.2) is 40.6 Å². The third-order valence-corrected chi connectivity index (χ3v) is 3.15. The first-order valence-corrected chi connectivity index (χ1v) is 6.61. The number of carbonyl (C=O) groups is 1. The minimum absolute atomic E-state index is 0.0859. The standard InChI is InChI=1S/C11H13N7OS/c12-9(19)7-20-11-17-16-10(18(11)13)15-14-6-8-4-2-1-3-5-8/h1-6H,7,13H2,(H2,12,19)(H,15,16)/b14-6+. The predicted molar refractivity (Wildman–Crippen MR) is 77.7 cm³/mol. The second-order valence-corrected chi connectivity index (χ2v) is 4.65. The Bertz CT molecular complexity index is 610. The molecule has 20 heavy (non-hydrogen) atoms. The zero-order chi connectivity index (χ0) is 14.4. The summed E-state index contributed by atoms with van der Waals surface area (Å²) >= 11 is 1.10. The third kappa shape index (κ3) is 3.72. The normalized spacial score (nSPS) is 10.8. The van der Waals surface area contributed by atoms with Crippen molar-refractivity contribution in [3.63, 3.8) is 0 Å². The van der Waals surface area contributed by atoms with Crippen molar-refractivity contribution in [3.8, 4) is 0 Å². The molecule has 0 atom stereocenters. The number of thioether (sulfide) groups is 1. The van der Waals surface area contributed by atoms with Crippen LogP contribution in [0.4, 0.5) is 5.95 Å². The van der Waals surface area contributed by atoms with Gasteiger partial charge in [-0.05, 0) is 5.56 Å². The molecule has 1 aromatic heterocycles. The van der Waals surface area contributed by atoms with Crippen molar-refractivity contribution in [3.05, 3.63) is 35.9 Å². The Balaban J connectivity index is 1.97. The maximum absolute atomic E-state index is 10.7. The number of anilines is 1.